The first-order valence-corrected chi connectivity index (χ1v) is 12.5. The third-order valence-corrected chi connectivity index (χ3v) is 7.38. The molecule has 1 N–H and O–H groups in total. The molecule has 2 aliphatic rings. The van der Waals surface area contributed by atoms with Crippen molar-refractivity contribution in [3.8, 4) is 11.4 Å². The molecule has 3 heterocycles. The summed E-state index contributed by atoms with van der Waals surface area (Å²) >= 11 is 0. The summed E-state index contributed by atoms with van der Waals surface area (Å²) in [5.41, 5.74) is 4.41. The number of nitrogens with one attached hydrogen (secondary N) is 1. The fraction of sp³-hybridized carbons (Fsp3) is 0.571. The van der Waals surface area contributed by atoms with Gasteiger partial charge in [0.1, 0.15) is 5.69 Å². The summed E-state index contributed by atoms with van der Waals surface area (Å²) in [4.78, 5) is 17.0. The molecule has 0 spiro atoms. The van der Waals surface area contributed by atoms with Gasteiger partial charge in [0.25, 0.3) is 0 Å². The summed E-state index contributed by atoms with van der Waals surface area (Å²) in [6, 6.07) is 5.88. The van der Waals surface area contributed by atoms with Crippen LogP contribution in [0.2, 0.25) is 0 Å². The fourth-order valence-electron chi connectivity index (χ4n) is 4.44. The lowest BCUT2D eigenvalue weighted by molar-refractivity contribution is -0.126. The number of carbonyl (C=O) groups is 1. The highest BCUT2D eigenvalue weighted by Gasteiger charge is 2.29. The van der Waals surface area contributed by atoms with Gasteiger partial charge in [0.05, 0.1) is 18.5 Å². The average Bonchev–Trinajstić information content (AvgIpc) is 3.13. The lowest BCUT2D eigenvalue weighted by atomic mass is 9.94. The number of amides is 1. The second kappa shape index (κ2) is 8.85. The van der Waals surface area contributed by atoms with E-state index in [1.165, 1.54) is 28.2 Å². The maximum absolute atomic E-state index is 12.5. The van der Waals surface area contributed by atoms with Crippen LogP contribution in [0.1, 0.15) is 36.9 Å². The number of aromatic nitrogens is 3. The number of fused-ring (bicyclic) bond motifs is 1. The molecule has 1 amide bonds. The van der Waals surface area contributed by atoms with Gasteiger partial charge in [-0.25, -0.2) is 12.7 Å². The molecular weight excluding hydrogens is 402 g/mol. The van der Waals surface area contributed by atoms with Gasteiger partial charge in [0, 0.05) is 43.0 Å². The second-order valence-corrected chi connectivity index (χ2v) is 10.1. The molecule has 1 saturated heterocycles. The van der Waals surface area contributed by atoms with Gasteiger partial charge in [0.2, 0.25) is 15.9 Å². The Morgan fingerprint density at radius 3 is 2.67 bits per heavy atom. The van der Waals surface area contributed by atoms with Gasteiger partial charge in [0.15, 0.2) is 0 Å². The molecule has 0 bridgehead atoms. The predicted molar refractivity (Wildman–Crippen MR) is 114 cm³/mol. The average molecular weight is 432 g/mol. The van der Waals surface area contributed by atoms with Gasteiger partial charge in [-0.15, -0.1) is 0 Å². The standard InChI is InChI=1S/C21H29N5O3S/c1-30(28,29)25-13-9-16(10-14-25)21(27)23-12-15-26-19-8-3-2-6-17(19)20(24-26)18-7-4-5-11-22-18/h4-5,7,11,16H,2-3,6,8-10,12-15H2,1H3,(H,23,27). The smallest absolute Gasteiger partial charge is 0.223 e. The van der Waals surface area contributed by atoms with Crippen LogP contribution in [-0.4, -0.2) is 59.3 Å². The number of nitrogens with zero attached hydrogens (tertiary/aromatic N) is 4. The maximum atomic E-state index is 12.5. The molecule has 2 aromatic heterocycles. The largest absolute Gasteiger partial charge is 0.354 e. The molecule has 162 valence electrons. The van der Waals surface area contributed by atoms with Crippen LogP contribution in [0, 0.1) is 5.92 Å². The van der Waals surface area contributed by atoms with E-state index in [0.29, 0.717) is 39.0 Å². The topological polar surface area (TPSA) is 97.2 Å². The van der Waals surface area contributed by atoms with Crippen molar-refractivity contribution in [3.63, 3.8) is 0 Å². The normalized spacial score (nSPS) is 18.2. The number of sulfonamides is 1. The van der Waals surface area contributed by atoms with Crippen LogP contribution in [0.15, 0.2) is 24.4 Å². The van der Waals surface area contributed by atoms with Gasteiger partial charge in [-0.2, -0.15) is 5.10 Å². The molecule has 0 radical (unpaired) electrons. The Morgan fingerprint density at radius 1 is 1.20 bits per heavy atom. The lowest BCUT2D eigenvalue weighted by Gasteiger charge is -2.29. The Morgan fingerprint density at radius 2 is 1.97 bits per heavy atom. The van der Waals surface area contributed by atoms with Crippen molar-refractivity contribution in [2.45, 2.75) is 45.1 Å². The van der Waals surface area contributed by atoms with Crippen molar-refractivity contribution in [3.05, 3.63) is 35.7 Å². The van der Waals surface area contributed by atoms with Gasteiger partial charge in [-0.1, -0.05) is 6.07 Å². The van der Waals surface area contributed by atoms with Crippen molar-refractivity contribution in [2.24, 2.45) is 5.92 Å². The molecule has 9 heteroatoms. The highest BCUT2D eigenvalue weighted by Crippen LogP contribution is 2.30. The zero-order valence-corrected chi connectivity index (χ0v) is 18.2. The number of carbonyl (C=O) groups excluding carboxylic acids is 1. The first-order chi connectivity index (χ1) is 14.4. The number of piperidine rings is 1. The molecular formula is C21H29N5O3S. The van der Waals surface area contributed by atoms with Crippen LogP contribution in [0.3, 0.4) is 0 Å². The molecule has 0 saturated carbocycles. The van der Waals surface area contributed by atoms with Gasteiger partial charge in [-0.05, 0) is 50.7 Å². The van der Waals surface area contributed by atoms with E-state index in [0.717, 1.165) is 30.7 Å². The second-order valence-electron chi connectivity index (χ2n) is 8.15. The van der Waals surface area contributed by atoms with Gasteiger partial charge >= 0.3 is 0 Å². The zero-order chi connectivity index (χ0) is 21.1. The van der Waals surface area contributed by atoms with Crippen LogP contribution < -0.4 is 5.32 Å². The minimum absolute atomic E-state index is 0.00845. The summed E-state index contributed by atoms with van der Waals surface area (Å²) < 4.78 is 26.7. The van der Waals surface area contributed by atoms with E-state index in [9.17, 15) is 13.2 Å². The van der Waals surface area contributed by atoms with Crippen LogP contribution in [0.5, 0.6) is 0 Å². The van der Waals surface area contributed by atoms with Crippen molar-refractivity contribution in [1.82, 2.24) is 24.4 Å². The highest BCUT2D eigenvalue weighted by atomic mass is 32.2. The zero-order valence-electron chi connectivity index (χ0n) is 17.4. The molecule has 0 aromatic carbocycles. The minimum Gasteiger partial charge on any atom is -0.354 e. The van der Waals surface area contributed by atoms with Crippen LogP contribution in [0.4, 0.5) is 0 Å². The monoisotopic (exact) mass is 431 g/mol. The molecule has 1 aliphatic carbocycles. The Kier molecular flexibility index (Phi) is 6.19. The van der Waals surface area contributed by atoms with E-state index in [2.05, 4.69) is 10.3 Å². The van der Waals surface area contributed by atoms with Crippen LogP contribution in [-0.2, 0) is 34.2 Å². The third-order valence-electron chi connectivity index (χ3n) is 6.08. The summed E-state index contributed by atoms with van der Waals surface area (Å²) in [6.07, 6.45) is 8.50. The maximum Gasteiger partial charge on any atom is 0.223 e. The number of rotatable bonds is 6. The van der Waals surface area contributed by atoms with Gasteiger partial charge < -0.3 is 5.32 Å². The predicted octanol–water partition coefficient (Wildman–Crippen LogP) is 1.61. The van der Waals surface area contributed by atoms with E-state index in [-0.39, 0.29) is 11.8 Å². The van der Waals surface area contributed by atoms with E-state index >= 15 is 0 Å². The summed E-state index contributed by atoms with van der Waals surface area (Å²) in [7, 11) is -3.17. The first kappa shape index (κ1) is 21.0. The van der Waals surface area contributed by atoms with Crippen LogP contribution >= 0.6 is 0 Å². The molecule has 30 heavy (non-hydrogen) atoms. The number of hydrogen-bond donors (Lipinski definition) is 1. The minimum atomic E-state index is -3.17. The number of hydrogen-bond acceptors (Lipinski definition) is 5. The van der Waals surface area contributed by atoms with E-state index in [1.54, 1.807) is 6.20 Å². The Balaban J connectivity index is 1.37. The molecule has 1 fully saturated rings. The molecule has 0 unspecified atom stereocenters. The summed E-state index contributed by atoms with van der Waals surface area (Å²) in [5.74, 6) is -0.118. The molecule has 0 atom stereocenters. The van der Waals surface area contributed by atoms with Crippen LogP contribution in [0.25, 0.3) is 11.4 Å². The first-order valence-electron chi connectivity index (χ1n) is 10.7. The van der Waals surface area contributed by atoms with Crippen molar-refractivity contribution < 1.29 is 13.2 Å². The highest BCUT2D eigenvalue weighted by molar-refractivity contribution is 7.88. The molecule has 8 nitrogen and oxygen atoms in total. The van der Waals surface area contributed by atoms with Gasteiger partial charge in [-0.3, -0.25) is 14.5 Å². The summed E-state index contributed by atoms with van der Waals surface area (Å²) in [6.45, 7) is 1.97. The third kappa shape index (κ3) is 4.57. The Hall–Kier alpha value is -2.26. The van der Waals surface area contributed by atoms with Crippen molar-refractivity contribution in [2.75, 3.05) is 25.9 Å². The lowest BCUT2D eigenvalue weighted by Crippen LogP contribution is -2.43. The van der Waals surface area contributed by atoms with E-state index in [1.807, 2.05) is 22.9 Å². The van der Waals surface area contributed by atoms with E-state index in [4.69, 9.17) is 5.10 Å². The molecule has 1 aliphatic heterocycles. The Bertz CT molecular complexity index is 995. The SMILES string of the molecule is CS(=O)(=O)N1CCC(C(=O)NCCn2nc(-c3ccccn3)c3c2CCCC3)CC1. The van der Waals surface area contributed by atoms with Crippen molar-refractivity contribution >= 4 is 15.9 Å². The quantitative estimate of drug-likeness (QED) is 0.750. The number of pyridine rings is 1. The summed E-state index contributed by atoms with van der Waals surface area (Å²) in [5, 5.41) is 7.86. The molecule has 4 rings (SSSR count). The van der Waals surface area contributed by atoms with Crippen molar-refractivity contribution in [1.29, 1.82) is 0 Å². The fourth-order valence-corrected chi connectivity index (χ4v) is 5.32. The van der Waals surface area contributed by atoms with E-state index < -0.39 is 10.0 Å². The molecule has 2 aromatic rings. The Labute approximate surface area is 177 Å².